The molecule has 0 bridgehead atoms. The summed E-state index contributed by atoms with van der Waals surface area (Å²) in [5.41, 5.74) is 6.23. The zero-order valence-corrected chi connectivity index (χ0v) is 16.2. The summed E-state index contributed by atoms with van der Waals surface area (Å²) >= 11 is 0. The second-order valence-electron chi connectivity index (χ2n) is 6.38. The monoisotopic (exact) mass is 400 g/mol. The highest BCUT2D eigenvalue weighted by atomic mass is 35.5. The molecular weight excluding hydrogens is 376 g/mol. The summed E-state index contributed by atoms with van der Waals surface area (Å²) in [7, 11) is 0. The summed E-state index contributed by atoms with van der Waals surface area (Å²) < 4.78 is 6.43. The average Bonchev–Trinajstić information content (AvgIpc) is 2.94. The molecule has 0 unspecified atom stereocenters. The number of nitrogens with two attached hydrogens (primary N) is 1. The van der Waals surface area contributed by atoms with Crippen molar-refractivity contribution in [1.29, 1.82) is 0 Å². The molecule has 0 atom stereocenters. The van der Waals surface area contributed by atoms with Crippen LogP contribution in [0.3, 0.4) is 0 Å². The van der Waals surface area contributed by atoms with E-state index in [9.17, 15) is 19.7 Å². The minimum Gasteiger partial charge on any atom is -0.407 e. The number of amides is 1. The van der Waals surface area contributed by atoms with Gasteiger partial charge in [0.2, 0.25) is 5.91 Å². The van der Waals surface area contributed by atoms with Crippen LogP contribution < -0.4 is 16.8 Å². The lowest BCUT2D eigenvalue weighted by molar-refractivity contribution is -0.384. The molecule has 27 heavy (non-hydrogen) atoms. The van der Waals surface area contributed by atoms with Crippen LogP contribution in [0.25, 0.3) is 11.1 Å². The summed E-state index contributed by atoms with van der Waals surface area (Å²) in [4.78, 5) is 34.1. The van der Waals surface area contributed by atoms with Gasteiger partial charge >= 0.3 is 5.76 Å². The number of rotatable bonds is 9. The van der Waals surface area contributed by atoms with Gasteiger partial charge in [-0.05, 0) is 25.3 Å². The van der Waals surface area contributed by atoms with Gasteiger partial charge in [0.15, 0.2) is 5.58 Å². The number of carbonyl (C=O) groups excluding carboxylic acids is 1. The maximum atomic E-state index is 12.0. The molecule has 0 aliphatic rings. The number of carbonyl (C=O) groups is 1. The number of nitro groups is 1. The number of aryl methyl sites for hydroxylation is 1. The normalized spacial score (nSPS) is 11.2. The average molecular weight is 401 g/mol. The Hall–Kier alpha value is -2.39. The number of nitro benzene ring substituents is 1. The Labute approximate surface area is 162 Å². The lowest BCUT2D eigenvalue weighted by Crippen LogP contribution is -2.49. The summed E-state index contributed by atoms with van der Waals surface area (Å²) in [6, 6.07) is 4.01. The number of aromatic nitrogens is 1. The number of non-ortho nitro benzene ring substituents is 1. The van der Waals surface area contributed by atoms with Crippen LogP contribution >= 0.6 is 12.4 Å². The molecule has 1 amide bonds. The smallest absolute Gasteiger partial charge is 0.407 e. The van der Waals surface area contributed by atoms with Gasteiger partial charge in [-0.2, -0.15) is 0 Å². The first-order valence-electron chi connectivity index (χ1n) is 8.63. The number of hydrogen-bond donors (Lipinski definition) is 2. The predicted octanol–water partition coefficient (Wildman–Crippen LogP) is 2.34. The highest BCUT2D eigenvalue weighted by molar-refractivity contribution is 5.85. The Morgan fingerprint density at radius 1 is 1.37 bits per heavy atom. The van der Waals surface area contributed by atoms with Gasteiger partial charge in [-0.3, -0.25) is 19.5 Å². The quantitative estimate of drug-likeness (QED) is 0.490. The van der Waals surface area contributed by atoms with Gasteiger partial charge in [0.05, 0.1) is 16.5 Å². The van der Waals surface area contributed by atoms with Crippen molar-refractivity contribution in [2.75, 3.05) is 6.54 Å². The first-order valence-corrected chi connectivity index (χ1v) is 8.63. The molecule has 0 spiro atoms. The Bertz CT molecular complexity index is 857. The standard InChI is InChI=1S/C17H24N4O5.ClH/c1-3-17(18,4-2)11-19-15(22)6-5-9-20-13-8-7-12(21(24)25)10-14(13)26-16(20)23;/h7-8,10H,3-6,9,11,18H2,1-2H3,(H,19,22);1H. The van der Waals surface area contributed by atoms with E-state index in [-0.39, 0.29) is 42.6 Å². The molecule has 0 radical (unpaired) electrons. The molecule has 9 nitrogen and oxygen atoms in total. The van der Waals surface area contributed by atoms with E-state index in [1.54, 1.807) is 0 Å². The van der Waals surface area contributed by atoms with Crippen molar-refractivity contribution < 1.29 is 14.1 Å². The van der Waals surface area contributed by atoms with E-state index in [1.807, 2.05) is 13.8 Å². The number of oxazole rings is 1. The van der Waals surface area contributed by atoms with Gasteiger partial charge < -0.3 is 15.5 Å². The van der Waals surface area contributed by atoms with Gasteiger partial charge in [-0.25, -0.2) is 4.79 Å². The zero-order valence-electron chi connectivity index (χ0n) is 15.4. The molecule has 1 aromatic heterocycles. The molecule has 0 aliphatic carbocycles. The molecule has 0 saturated carbocycles. The maximum absolute atomic E-state index is 12.0. The number of nitrogens with one attached hydrogen (secondary N) is 1. The fourth-order valence-electron chi connectivity index (χ4n) is 2.64. The Morgan fingerprint density at radius 3 is 2.63 bits per heavy atom. The third-order valence-electron chi connectivity index (χ3n) is 4.69. The van der Waals surface area contributed by atoms with Gasteiger partial charge in [0, 0.05) is 31.1 Å². The number of halogens is 1. The molecule has 150 valence electrons. The molecule has 2 rings (SSSR count). The van der Waals surface area contributed by atoms with Crippen LogP contribution in [0.15, 0.2) is 27.4 Å². The van der Waals surface area contributed by atoms with E-state index in [1.165, 1.54) is 22.8 Å². The van der Waals surface area contributed by atoms with Crippen LogP contribution in [0.2, 0.25) is 0 Å². The van der Waals surface area contributed by atoms with E-state index in [4.69, 9.17) is 10.2 Å². The van der Waals surface area contributed by atoms with E-state index in [0.717, 1.165) is 12.8 Å². The SMILES string of the molecule is CCC(N)(CC)CNC(=O)CCCn1c(=O)oc2cc([N+](=O)[O-])ccc21.Cl. The highest BCUT2D eigenvalue weighted by Crippen LogP contribution is 2.20. The van der Waals surface area contributed by atoms with Crippen LogP contribution in [0.4, 0.5) is 5.69 Å². The van der Waals surface area contributed by atoms with Crippen molar-refractivity contribution in [3.63, 3.8) is 0 Å². The predicted molar refractivity (Wildman–Crippen MR) is 104 cm³/mol. The molecular formula is C17H25ClN4O5. The van der Waals surface area contributed by atoms with Crippen molar-refractivity contribution in [3.8, 4) is 0 Å². The zero-order chi connectivity index (χ0) is 19.3. The summed E-state index contributed by atoms with van der Waals surface area (Å²) in [6.07, 6.45) is 2.22. The highest BCUT2D eigenvalue weighted by Gasteiger charge is 2.20. The van der Waals surface area contributed by atoms with Crippen molar-refractivity contribution in [2.24, 2.45) is 5.73 Å². The molecule has 0 fully saturated rings. The summed E-state index contributed by atoms with van der Waals surface area (Å²) in [6.45, 7) is 4.66. The van der Waals surface area contributed by atoms with Crippen molar-refractivity contribution in [1.82, 2.24) is 9.88 Å². The summed E-state index contributed by atoms with van der Waals surface area (Å²) in [5, 5.41) is 13.6. The minimum atomic E-state index is -0.598. The lowest BCUT2D eigenvalue weighted by Gasteiger charge is -2.26. The minimum absolute atomic E-state index is 0. The number of fused-ring (bicyclic) bond motifs is 1. The van der Waals surface area contributed by atoms with Gasteiger partial charge in [-0.15, -0.1) is 12.4 Å². The van der Waals surface area contributed by atoms with Crippen LogP contribution in [-0.4, -0.2) is 27.5 Å². The topological polar surface area (TPSA) is 133 Å². The first-order chi connectivity index (χ1) is 12.3. The fourth-order valence-corrected chi connectivity index (χ4v) is 2.64. The Kier molecular flexibility index (Phi) is 7.98. The van der Waals surface area contributed by atoms with E-state index < -0.39 is 16.2 Å². The van der Waals surface area contributed by atoms with Gasteiger partial charge in [-0.1, -0.05) is 13.8 Å². The number of nitrogens with zero attached hydrogens (tertiary/aromatic N) is 2. The second-order valence-corrected chi connectivity index (χ2v) is 6.38. The largest absolute Gasteiger partial charge is 0.419 e. The Morgan fingerprint density at radius 2 is 2.04 bits per heavy atom. The number of benzene rings is 1. The van der Waals surface area contributed by atoms with Gasteiger partial charge in [0.25, 0.3) is 5.69 Å². The van der Waals surface area contributed by atoms with Crippen LogP contribution in [0, 0.1) is 10.1 Å². The molecule has 2 aromatic rings. The van der Waals surface area contributed by atoms with E-state index in [0.29, 0.717) is 18.5 Å². The molecule has 0 saturated heterocycles. The Balaban J connectivity index is 0.00000364. The molecule has 3 N–H and O–H groups in total. The fraction of sp³-hybridized carbons (Fsp3) is 0.529. The molecule has 1 heterocycles. The van der Waals surface area contributed by atoms with E-state index in [2.05, 4.69) is 5.32 Å². The van der Waals surface area contributed by atoms with Crippen molar-refractivity contribution in [2.45, 2.75) is 51.6 Å². The summed E-state index contributed by atoms with van der Waals surface area (Å²) in [5.74, 6) is -0.725. The molecule has 10 heteroatoms. The van der Waals surface area contributed by atoms with E-state index >= 15 is 0 Å². The van der Waals surface area contributed by atoms with Crippen molar-refractivity contribution >= 4 is 35.1 Å². The third-order valence-corrected chi connectivity index (χ3v) is 4.69. The lowest BCUT2D eigenvalue weighted by atomic mass is 9.94. The molecule has 0 aliphatic heterocycles. The van der Waals surface area contributed by atoms with Crippen LogP contribution in [0.5, 0.6) is 0 Å². The number of hydrogen-bond acceptors (Lipinski definition) is 6. The maximum Gasteiger partial charge on any atom is 0.419 e. The van der Waals surface area contributed by atoms with Crippen LogP contribution in [-0.2, 0) is 11.3 Å². The second kappa shape index (κ2) is 9.52. The van der Waals surface area contributed by atoms with Crippen molar-refractivity contribution in [3.05, 3.63) is 38.9 Å². The van der Waals surface area contributed by atoms with Crippen LogP contribution in [0.1, 0.15) is 39.5 Å². The first kappa shape index (κ1) is 22.7. The molecule has 1 aromatic carbocycles. The third kappa shape index (κ3) is 5.54. The van der Waals surface area contributed by atoms with Gasteiger partial charge in [0.1, 0.15) is 0 Å².